The second kappa shape index (κ2) is 8.23. The number of likely N-dealkylation sites (N-methyl/N-ethyl adjacent to an activating group) is 1. The van der Waals surface area contributed by atoms with Crippen LogP contribution < -0.4 is 4.90 Å². The van der Waals surface area contributed by atoms with Crippen molar-refractivity contribution in [3.8, 4) is 11.3 Å². The van der Waals surface area contributed by atoms with E-state index in [2.05, 4.69) is 68.0 Å². The third-order valence-corrected chi connectivity index (χ3v) is 6.26. The Morgan fingerprint density at radius 2 is 2.11 bits per heavy atom. The van der Waals surface area contributed by atoms with Crippen LogP contribution in [0.2, 0.25) is 0 Å². The SMILES string of the molecule is Cc1nc(-c2cccc(N3CCC(N(C)CCn4ccnc4)CC3)c2)cs1. The van der Waals surface area contributed by atoms with Crippen molar-refractivity contribution >= 4 is 17.0 Å². The van der Waals surface area contributed by atoms with Crippen LogP contribution in [0.4, 0.5) is 5.69 Å². The van der Waals surface area contributed by atoms with E-state index < -0.39 is 0 Å². The van der Waals surface area contributed by atoms with Crippen LogP contribution in [0.1, 0.15) is 17.8 Å². The van der Waals surface area contributed by atoms with E-state index in [1.165, 1.54) is 24.1 Å². The molecule has 1 fully saturated rings. The summed E-state index contributed by atoms with van der Waals surface area (Å²) in [4.78, 5) is 13.8. The van der Waals surface area contributed by atoms with Crippen LogP contribution in [0, 0.1) is 6.92 Å². The van der Waals surface area contributed by atoms with Crippen LogP contribution in [-0.4, -0.2) is 52.2 Å². The molecule has 1 aliphatic heterocycles. The quantitative estimate of drug-likeness (QED) is 0.649. The lowest BCUT2D eigenvalue weighted by Crippen LogP contribution is -2.44. The summed E-state index contributed by atoms with van der Waals surface area (Å²) in [5.41, 5.74) is 3.63. The zero-order chi connectivity index (χ0) is 18.6. The molecule has 3 heterocycles. The van der Waals surface area contributed by atoms with Crippen LogP contribution >= 0.6 is 11.3 Å². The van der Waals surface area contributed by atoms with Gasteiger partial charge < -0.3 is 14.4 Å². The minimum atomic E-state index is 0.661. The lowest BCUT2D eigenvalue weighted by Gasteiger charge is -2.38. The predicted octanol–water partition coefficient (Wildman–Crippen LogP) is 3.92. The smallest absolute Gasteiger partial charge is 0.0946 e. The number of imidazole rings is 1. The minimum Gasteiger partial charge on any atom is -0.371 e. The average Bonchev–Trinajstić information content (AvgIpc) is 3.38. The Morgan fingerprint density at radius 1 is 1.26 bits per heavy atom. The molecule has 0 bridgehead atoms. The summed E-state index contributed by atoms with van der Waals surface area (Å²) in [5.74, 6) is 0. The topological polar surface area (TPSA) is 37.2 Å². The van der Waals surface area contributed by atoms with E-state index >= 15 is 0 Å². The summed E-state index contributed by atoms with van der Waals surface area (Å²) < 4.78 is 2.15. The van der Waals surface area contributed by atoms with Crippen LogP contribution in [0.5, 0.6) is 0 Å². The second-order valence-corrected chi connectivity index (χ2v) is 8.36. The summed E-state index contributed by atoms with van der Waals surface area (Å²) in [6.07, 6.45) is 8.20. The summed E-state index contributed by atoms with van der Waals surface area (Å²) >= 11 is 1.71. The van der Waals surface area contributed by atoms with Gasteiger partial charge in [0.1, 0.15) is 0 Å². The molecular weight excluding hydrogens is 354 g/mol. The van der Waals surface area contributed by atoms with Crippen molar-refractivity contribution in [2.24, 2.45) is 0 Å². The highest BCUT2D eigenvalue weighted by Gasteiger charge is 2.22. The number of rotatable bonds is 6. The van der Waals surface area contributed by atoms with Crippen molar-refractivity contribution in [2.75, 3.05) is 31.6 Å². The predicted molar refractivity (Wildman–Crippen MR) is 112 cm³/mol. The maximum absolute atomic E-state index is 4.63. The molecule has 142 valence electrons. The van der Waals surface area contributed by atoms with Crippen molar-refractivity contribution in [1.82, 2.24) is 19.4 Å². The maximum atomic E-state index is 4.63. The Labute approximate surface area is 165 Å². The lowest BCUT2D eigenvalue weighted by atomic mass is 10.0. The highest BCUT2D eigenvalue weighted by molar-refractivity contribution is 7.09. The molecule has 0 atom stereocenters. The molecule has 3 aromatic rings. The largest absolute Gasteiger partial charge is 0.371 e. The Bertz CT molecular complexity index is 849. The summed E-state index contributed by atoms with van der Waals surface area (Å²) in [6, 6.07) is 9.50. The van der Waals surface area contributed by atoms with E-state index in [9.17, 15) is 0 Å². The van der Waals surface area contributed by atoms with E-state index in [4.69, 9.17) is 0 Å². The number of nitrogens with zero attached hydrogens (tertiary/aromatic N) is 5. The molecule has 1 aromatic carbocycles. The standard InChI is InChI=1S/C21H27N5S/c1-17-23-21(15-27-17)18-4-3-5-20(14-18)26-9-6-19(7-10-26)24(2)12-13-25-11-8-22-16-25/h3-5,8,11,14-16,19H,6-7,9-10,12-13H2,1-2H3. The molecule has 0 saturated carbocycles. The van der Waals surface area contributed by atoms with Crippen molar-refractivity contribution in [1.29, 1.82) is 0 Å². The number of anilines is 1. The van der Waals surface area contributed by atoms with E-state index in [-0.39, 0.29) is 0 Å². The molecule has 6 heteroatoms. The number of piperidine rings is 1. The highest BCUT2D eigenvalue weighted by atomic mass is 32.1. The van der Waals surface area contributed by atoms with Gasteiger partial charge in [-0.05, 0) is 38.9 Å². The van der Waals surface area contributed by atoms with Crippen molar-refractivity contribution < 1.29 is 0 Å². The molecule has 1 saturated heterocycles. The molecule has 0 spiro atoms. The molecule has 0 unspecified atom stereocenters. The van der Waals surface area contributed by atoms with Crippen molar-refractivity contribution in [3.63, 3.8) is 0 Å². The molecule has 2 aromatic heterocycles. The van der Waals surface area contributed by atoms with Gasteiger partial charge in [-0.1, -0.05) is 12.1 Å². The molecule has 0 amide bonds. The number of hydrogen-bond donors (Lipinski definition) is 0. The number of aromatic nitrogens is 3. The van der Waals surface area contributed by atoms with E-state index in [1.807, 2.05) is 18.7 Å². The fourth-order valence-electron chi connectivity index (χ4n) is 3.80. The molecule has 5 nitrogen and oxygen atoms in total. The third kappa shape index (κ3) is 4.39. The minimum absolute atomic E-state index is 0.661. The molecule has 0 aliphatic carbocycles. The first-order valence-electron chi connectivity index (χ1n) is 9.62. The summed E-state index contributed by atoms with van der Waals surface area (Å²) in [6.45, 7) is 6.36. The summed E-state index contributed by atoms with van der Waals surface area (Å²) in [7, 11) is 2.25. The molecule has 0 N–H and O–H groups in total. The maximum Gasteiger partial charge on any atom is 0.0946 e. The Balaban J connectivity index is 1.33. The zero-order valence-corrected chi connectivity index (χ0v) is 16.9. The monoisotopic (exact) mass is 381 g/mol. The van der Waals surface area contributed by atoms with E-state index in [0.717, 1.165) is 36.9 Å². The fourth-order valence-corrected chi connectivity index (χ4v) is 4.42. The van der Waals surface area contributed by atoms with Gasteiger partial charge >= 0.3 is 0 Å². The van der Waals surface area contributed by atoms with Gasteiger partial charge in [-0.3, -0.25) is 0 Å². The first-order valence-corrected chi connectivity index (χ1v) is 10.5. The van der Waals surface area contributed by atoms with Gasteiger partial charge in [-0.2, -0.15) is 0 Å². The van der Waals surface area contributed by atoms with Gasteiger partial charge in [0.05, 0.1) is 17.0 Å². The van der Waals surface area contributed by atoms with Gasteiger partial charge in [-0.25, -0.2) is 9.97 Å². The van der Waals surface area contributed by atoms with Crippen LogP contribution in [0.25, 0.3) is 11.3 Å². The Hall–Kier alpha value is -2.18. The van der Waals surface area contributed by atoms with Gasteiger partial charge in [-0.15, -0.1) is 11.3 Å². The molecular formula is C21H27N5S. The van der Waals surface area contributed by atoms with E-state index in [1.54, 1.807) is 11.3 Å². The Morgan fingerprint density at radius 3 is 2.81 bits per heavy atom. The third-order valence-electron chi connectivity index (χ3n) is 5.48. The first kappa shape index (κ1) is 18.2. The van der Waals surface area contributed by atoms with E-state index in [0.29, 0.717) is 6.04 Å². The zero-order valence-electron chi connectivity index (χ0n) is 16.1. The van der Waals surface area contributed by atoms with Gasteiger partial charge in [0.25, 0.3) is 0 Å². The lowest BCUT2D eigenvalue weighted by molar-refractivity contribution is 0.201. The second-order valence-electron chi connectivity index (χ2n) is 7.30. The van der Waals surface area contributed by atoms with Gasteiger partial charge in [0.2, 0.25) is 0 Å². The fraction of sp³-hybridized carbons (Fsp3) is 0.429. The van der Waals surface area contributed by atoms with Crippen LogP contribution in [-0.2, 0) is 6.54 Å². The van der Waals surface area contributed by atoms with Crippen LogP contribution in [0.15, 0.2) is 48.4 Å². The van der Waals surface area contributed by atoms with Crippen molar-refractivity contribution in [3.05, 3.63) is 53.4 Å². The molecule has 4 rings (SSSR count). The van der Waals surface area contributed by atoms with Gasteiger partial charge in [0, 0.05) is 61.2 Å². The number of benzene rings is 1. The first-order chi connectivity index (χ1) is 13.2. The summed E-state index contributed by atoms with van der Waals surface area (Å²) in [5, 5.41) is 3.27. The normalized spacial score (nSPS) is 15.6. The van der Waals surface area contributed by atoms with Gasteiger partial charge in [0.15, 0.2) is 0 Å². The highest BCUT2D eigenvalue weighted by Crippen LogP contribution is 2.28. The molecule has 1 aliphatic rings. The molecule has 27 heavy (non-hydrogen) atoms. The number of hydrogen-bond acceptors (Lipinski definition) is 5. The van der Waals surface area contributed by atoms with Crippen molar-refractivity contribution in [2.45, 2.75) is 32.4 Å². The average molecular weight is 382 g/mol. The Kier molecular flexibility index (Phi) is 5.55. The van der Waals surface area contributed by atoms with Crippen LogP contribution in [0.3, 0.4) is 0 Å². The molecule has 0 radical (unpaired) electrons. The number of aryl methyl sites for hydroxylation is 1. The number of thiazole rings is 1.